The minimum absolute atomic E-state index is 0.117. The molecule has 29 heavy (non-hydrogen) atoms. The fraction of sp³-hybridized carbons (Fsp3) is 0.167. The second-order valence-electron chi connectivity index (χ2n) is 6.95. The van der Waals surface area contributed by atoms with Gasteiger partial charge in [0.25, 0.3) is 11.8 Å². The highest BCUT2D eigenvalue weighted by Gasteiger charge is 2.18. The van der Waals surface area contributed by atoms with E-state index in [1.807, 2.05) is 51.1 Å². The van der Waals surface area contributed by atoms with Crippen LogP contribution in [0, 0.1) is 13.8 Å². The molecule has 1 aromatic heterocycles. The molecule has 0 saturated carbocycles. The van der Waals surface area contributed by atoms with Crippen LogP contribution in [-0.4, -0.2) is 11.8 Å². The smallest absolute Gasteiger partial charge is 0.268 e. The van der Waals surface area contributed by atoms with E-state index in [4.69, 9.17) is 4.42 Å². The third-order valence-electron chi connectivity index (χ3n) is 4.61. The van der Waals surface area contributed by atoms with Crippen molar-refractivity contribution in [3.05, 3.63) is 101 Å². The number of carbonyl (C=O) groups excluding carboxylic acids is 2. The summed E-state index contributed by atoms with van der Waals surface area (Å²) in [5.41, 5.74) is 3.66. The molecular formula is C24H24N2O3. The van der Waals surface area contributed by atoms with Gasteiger partial charge in [-0.3, -0.25) is 9.59 Å². The Balaban J connectivity index is 1.83. The van der Waals surface area contributed by atoms with Crippen molar-refractivity contribution in [3.8, 4) is 0 Å². The maximum atomic E-state index is 13.0. The molecule has 0 spiro atoms. The Labute approximate surface area is 170 Å². The Morgan fingerprint density at radius 2 is 1.79 bits per heavy atom. The van der Waals surface area contributed by atoms with Crippen molar-refractivity contribution in [2.24, 2.45) is 0 Å². The van der Waals surface area contributed by atoms with Gasteiger partial charge in [-0.1, -0.05) is 42.0 Å². The maximum absolute atomic E-state index is 13.0. The third-order valence-corrected chi connectivity index (χ3v) is 4.61. The van der Waals surface area contributed by atoms with Crippen LogP contribution in [0.15, 0.2) is 77.0 Å². The van der Waals surface area contributed by atoms with Gasteiger partial charge in [0.2, 0.25) is 0 Å². The minimum atomic E-state index is -0.391. The predicted molar refractivity (Wildman–Crippen MR) is 113 cm³/mol. The van der Waals surface area contributed by atoms with Crippen LogP contribution in [0.5, 0.6) is 0 Å². The van der Waals surface area contributed by atoms with Crippen molar-refractivity contribution < 1.29 is 14.0 Å². The molecule has 5 heteroatoms. The van der Waals surface area contributed by atoms with Crippen molar-refractivity contribution >= 4 is 17.9 Å². The Morgan fingerprint density at radius 1 is 1.00 bits per heavy atom. The number of aryl methyl sites for hydroxylation is 2. The van der Waals surface area contributed by atoms with Crippen LogP contribution in [-0.2, 0) is 4.79 Å². The lowest BCUT2D eigenvalue weighted by atomic mass is 10.0. The summed E-state index contributed by atoms with van der Waals surface area (Å²) in [4.78, 5) is 25.7. The van der Waals surface area contributed by atoms with Crippen LogP contribution in [0.3, 0.4) is 0 Å². The molecule has 2 aromatic carbocycles. The summed E-state index contributed by atoms with van der Waals surface area (Å²) in [5, 5.41) is 5.67. The molecule has 2 amide bonds. The molecule has 148 valence electrons. The molecule has 0 saturated heterocycles. The number of furan rings is 1. The average molecular weight is 388 g/mol. The van der Waals surface area contributed by atoms with E-state index in [1.54, 1.807) is 30.3 Å². The van der Waals surface area contributed by atoms with Crippen molar-refractivity contribution in [1.82, 2.24) is 10.6 Å². The molecule has 0 fully saturated rings. The molecule has 3 aromatic rings. The number of carbonyl (C=O) groups is 2. The zero-order chi connectivity index (χ0) is 20.8. The standard InChI is InChI=1S/C24H24N2O3/c1-16-8-6-10-19(14-16)23(27)26-22(15-20-11-7-13-29-20)24(28)25-18(3)21-12-5-4-9-17(21)2/h4-15,18H,1-3H3,(H,25,28)(H,26,27)/b22-15-/t18-/m1/s1. The molecule has 2 N–H and O–H groups in total. The maximum Gasteiger partial charge on any atom is 0.268 e. The summed E-state index contributed by atoms with van der Waals surface area (Å²) in [6, 6.07) is 18.3. The predicted octanol–water partition coefficient (Wildman–Crippen LogP) is 4.54. The summed E-state index contributed by atoms with van der Waals surface area (Å²) in [6.45, 7) is 5.82. The van der Waals surface area contributed by atoms with E-state index < -0.39 is 5.91 Å². The van der Waals surface area contributed by atoms with Crippen LogP contribution in [0.4, 0.5) is 0 Å². The zero-order valence-electron chi connectivity index (χ0n) is 16.7. The lowest BCUT2D eigenvalue weighted by molar-refractivity contribution is -0.118. The van der Waals surface area contributed by atoms with Crippen LogP contribution >= 0.6 is 0 Å². The van der Waals surface area contributed by atoms with Gasteiger partial charge in [-0.25, -0.2) is 0 Å². The molecule has 3 rings (SSSR count). The molecule has 1 heterocycles. The van der Waals surface area contributed by atoms with Crippen LogP contribution in [0.2, 0.25) is 0 Å². The van der Waals surface area contributed by atoms with E-state index in [2.05, 4.69) is 10.6 Å². The molecule has 0 bridgehead atoms. The van der Waals surface area contributed by atoms with E-state index >= 15 is 0 Å². The van der Waals surface area contributed by atoms with Crippen molar-refractivity contribution in [2.45, 2.75) is 26.8 Å². The van der Waals surface area contributed by atoms with E-state index in [0.29, 0.717) is 11.3 Å². The van der Waals surface area contributed by atoms with Crippen molar-refractivity contribution in [1.29, 1.82) is 0 Å². The summed E-state index contributed by atoms with van der Waals surface area (Å²) >= 11 is 0. The Kier molecular flexibility index (Phi) is 6.29. The lowest BCUT2D eigenvalue weighted by Crippen LogP contribution is -2.36. The zero-order valence-corrected chi connectivity index (χ0v) is 16.7. The highest BCUT2D eigenvalue weighted by atomic mass is 16.3. The first-order valence-electron chi connectivity index (χ1n) is 9.43. The molecule has 0 aliphatic carbocycles. The SMILES string of the molecule is Cc1cccc(C(=O)N/C(=C\c2ccco2)C(=O)N[C@H](C)c2ccccc2C)c1. The van der Waals surface area contributed by atoms with Crippen LogP contribution in [0.25, 0.3) is 6.08 Å². The Morgan fingerprint density at radius 3 is 2.48 bits per heavy atom. The molecule has 1 atom stereocenters. The van der Waals surface area contributed by atoms with E-state index in [1.165, 1.54) is 12.3 Å². The molecule has 5 nitrogen and oxygen atoms in total. The van der Waals surface area contributed by atoms with Gasteiger partial charge in [-0.2, -0.15) is 0 Å². The lowest BCUT2D eigenvalue weighted by Gasteiger charge is -2.18. The number of rotatable bonds is 6. The van der Waals surface area contributed by atoms with Gasteiger partial charge in [0, 0.05) is 11.6 Å². The van der Waals surface area contributed by atoms with Crippen LogP contribution < -0.4 is 10.6 Å². The monoisotopic (exact) mass is 388 g/mol. The molecule has 0 aliphatic rings. The summed E-state index contributed by atoms with van der Waals surface area (Å²) in [7, 11) is 0. The first-order valence-corrected chi connectivity index (χ1v) is 9.43. The van der Waals surface area contributed by atoms with Gasteiger partial charge in [-0.05, 0) is 56.2 Å². The molecule has 0 unspecified atom stereocenters. The number of benzene rings is 2. The number of nitrogens with one attached hydrogen (secondary N) is 2. The van der Waals surface area contributed by atoms with E-state index in [9.17, 15) is 9.59 Å². The Hall–Kier alpha value is -3.60. The topological polar surface area (TPSA) is 71.3 Å². The molecule has 0 radical (unpaired) electrons. The third kappa shape index (κ3) is 5.23. The van der Waals surface area contributed by atoms with Crippen molar-refractivity contribution in [3.63, 3.8) is 0 Å². The minimum Gasteiger partial charge on any atom is -0.465 e. The summed E-state index contributed by atoms with van der Waals surface area (Å²) < 4.78 is 5.32. The number of hydrogen-bond acceptors (Lipinski definition) is 3. The fourth-order valence-corrected chi connectivity index (χ4v) is 3.08. The quantitative estimate of drug-likeness (QED) is 0.609. The highest BCUT2D eigenvalue weighted by Crippen LogP contribution is 2.17. The summed E-state index contributed by atoms with van der Waals surface area (Å²) in [6.07, 6.45) is 3.04. The Bertz CT molecular complexity index is 1040. The molecule has 0 aliphatic heterocycles. The van der Waals surface area contributed by atoms with E-state index in [-0.39, 0.29) is 17.6 Å². The number of amides is 2. The molecular weight excluding hydrogens is 364 g/mol. The first kappa shape index (κ1) is 20.1. The van der Waals surface area contributed by atoms with Crippen molar-refractivity contribution in [2.75, 3.05) is 0 Å². The second-order valence-corrected chi connectivity index (χ2v) is 6.95. The van der Waals surface area contributed by atoms with E-state index in [0.717, 1.165) is 16.7 Å². The normalized spacial score (nSPS) is 12.3. The second kappa shape index (κ2) is 9.06. The van der Waals surface area contributed by atoms with Crippen LogP contribution in [0.1, 0.15) is 45.8 Å². The first-order chi connectivity index (χ1) is 13.9. The van der Waals surface area contributed by atoms with Gasteiger partial charge < -0.3 is 15.1 Å². The largest absolute Gasteiger partial charge is 0.465 e. The van der Waals surface area contributed by atoms with Gasteiger partial charge in [-0.15, -0.1) is 0 Å². The van der Waals surface area contributed by atoms with Gasteiger partial charge in [0.1, 0.15) is 11.5 Å². The van der Waals surface area contributed by atoms with Gasteiger partial charge in [0.05, 0.1) is 12.3 Å². The fourth-order valence-electron chi connectivity index (χ4n) is 3.08. The average Bonchev–Trinajstić information content (AvgIpc) is 3.20. The van der Waals surface area contributed by atoms with Gasteiger partial charge >= 0.3 is 0 Å². The van der Waals surface area contributed by atoms with Gasteiger partial charge in [0.15, 0.2) is 0 Å². The highest BCUT2D eigenvalue weighted by molar-refractivity contribution is 6.05. The number of hydrogen-bond donors (Lipinski definition) is 2. The summed E-state index contributed by atoms with van der Waals surface area (Å²) in [5.74, 6) is -0.272.